The van der Waals surface area contributed by atoms with Crippen molar-refractivity contribution in [1.82, 2.24) is 0 Å². The predicted octanol–water partition coefficient (Wildman–Crippen LogP) is 2.80. The van der Waals surface area contributed by atoms with Crippen LogP contribution in [0.25, 0.3) is 0 Å². The molecule has 0 aromatic heterocycles. The summed E-state index contributed by atoms with van der Waals surface area (Å²) in [5.74, 6) is -1.34. The second-order valence-electron chi connectivity index (χ2n) is 5.34. The van der Waals surface area contributed by atoms with Crippen molar-refractivity contribution in [3.8, 4) is 0 Å². The third-order valence-electron chi connectivity index (χ3n) is 4.22. The Bertz CT molecular complexity index is 662. The molecule has 1 aromatic carbocycles. The van der Waals surface area contributed by atoms with Gasteiger partial charge in [0.15, 0.2) is 11.6 Å². The van der Waals surface area contributed by atoms with Crippen LogP contribution >= 0.6 is 0 Å². The molecule has 20 heavy (non-hydrogen) atoms. The molecular weight excluding hydrogens is 258 g/mol. The van der Waals surface area contributed by atoms with Gasteiger partial charge in [-0.3, -0.25) is 19.7 Å². The third-order valence-corrected chi connectivity index (χ3v) is 4.22. The van der Waals surface area contributed by atoms with Crippen LogP contribution in [-0.4, -0.2) is 16.5 Å². The summed E-state index contributed by atoms with van der Waals surface area (Å²) < 4.78 is 0. The number of nitro benzene ring substituents is 1. The first kappa shape index (κ1) is 12.7. The zero-order valence-corrected chi connectivity index (χ0v) is 10.9. The number of rotatable bonds is 1. The summed E-state index contributed by atoms with van der Waals surface area (Å²) in [5, 5.41) is 11.1. The van der Waals surface area contributed by atoms with Gasteiger partial charge < -0.3 is 0 Å². The Balaban J connectivity index is 2.23. The lowest BCUT2D eigenvalue weighted by atomic mass is 9.65. The average Bonchev–Trinajstić information content (AvgIpc) is 2.43. The summed E-state index contributed by atoms with van der Waals surface area (Å²) in [5.41, 5.74) is -0.0695. The van der Waals surface area contributed by atoms with Gasteiger partial charge in [-0.05, 0) is 12.3 Å². The van der Waals surface area contributed by atoms with Crippen LogP contribution in [0.5, 0.6) is 0 Å². The molecule has 5 heteroatoms. The first-order chi connectivity index (χ1) is 9.52. The molecule has 2 aliphatic carbocycles. The molecule has 3 rings (SSSR count). The highest BCUT2D eigenvalue weighted by Gasteiger charge is 2.46. The largest absolute Gasteiger partial charge is 0.294 e. The molecular formula is C15H13NO4. The summed E-state index contributed by atoms with van der Waals surface area (Å²) in [6.07, 6.45) is 4.35. The van der Waals surface area contributed by atoms with Crippen LogP contribution in [0, 0.1) is 27.9 Å². The van der Waals surface area contributed by atoms with E-state index in [0.29, 0.717) is 6.42 Å². The van der Waals surface area contributed by atoms with Crippen molar-refractivity contribution >= 4 is 17.3 Å². The lowest BCUT2D eigenvalue weighted by Crippen LogP contribution is -2.41. The molecule has 0 radical (unpaired) electrons. The average molecular weight is 271 g/mol. The zero-order chi connectivity index (χ0) is 14.4. The minimum atomic E-state index is -0.590. The van der Waals surface area contributed by atoms with Gasteiger partial charge in [0, 0.05) is 23.5 Å². The fourth-order valence-electron chi connectivity index (χ4n) is 3.29. The highest BCUT2D eigenvalue weighted by atomic mass is 16.6. The number of carbonyl (C=O) groups is 2. The molecule has 0 amide bonds. The quantitative estimate of drug-likeness (QED) is 0.447. The van der Waals surface area contributed by atoms with Crippen molar-refractivity contribution in [2.24, 2.45) is 17.8 Å². The molecule has 0 heterocycles. The highest BCUT2D eigenvalue weighted by Crippen LogP contribution is 2.42. The Hall–Kier alpha value is -2.30. The van der Waals surface area contributed by atoms with Crippen molar-refractivity contribution in [3.05, 3.63) is 51.6 Å². The molecule has 102 valence electrons. The number of Topliss-reactive ketones (excluding diaryl/α,β-unsaturated/α-hetero) is 2. The number of nitro groups is 1. The Morgan fingerprint density at radius 2 is 2.00 bits per heavy atom. The second kappa shape index (κ2) is 4.37. The molecule has 0 saturated carbocycles. The Labute approximate surface area is 115 Å². The van der Waals surface area contributed by atoms with E-state index in [1.165, 1.54) is 18.2 Å². The van der Waals surface area contributed by atoms with E-state index in [2.05, 4.69) is 0 Å². The lowest BCUT2D eigenvalue weighted by molar-refractivity contribution is -0.385. The van der Waals surface area contributed by atoms with Gasteiger partial charge >= 0.3 is 0 Å². The van der Waals surface area contributed by atoms with Crippen LogP contribution in [-0.2, 0) is 0 Å². The van der Waals surface area contributed by atoms with Crippen molar-refractivity contribution in [3.63, 3.8) is 0 Å². The predicted molar refractivity (Wildman–Crippen MR) is 71.7 cm³/mol. The SMILES string of the molecule is C[C@H]1C=CC[C@H]2C(=O)c3cccc([N+](=O)[O-])c3C(=O)[C@H]12. The summed E-state index contributed by atoms with van der Waals surface area (Å²) in [7, 11) is 0. The smallest absolute Gasteiger partial charge is 0.280 e. The van der Waals surface area contributed by atoms with E-state index in [-0.39, 0.29) is 40.2 Å². The molecule has 3 atom stereocenters. The normalized spacial score (nSPS) is 27.9. The molecule has 0 unspecified atom stereocenters. The van der Waals surface area contributed by atoms with E-state index in [4.69, 9.17) is 0 Å². The molecule has 5 nitrogen and oxygen atoms in total. The second-order valence-corrected chi connectivity index (χ2v) is 5.34. The Morgan fingerprint density at radius 3 is 2.70 bits per heavy atom. The monoisotopic (exact) mass is 271 g/mol. The summed E-state index contributed by atoms with van der Waals surface area (Å²) >= 11 is 0. The van der Waals surface area contributed by atoms with E-state index in [9.17, 15) is 19.7 Å². The minimum absolute atomic E-state index is 0.00843. The van der Waals surface area contributed by atoms with Crippen LogP contribution in [0.2, 0.25) is 0 Å². The van der Waals surface area contributed by atoms with Crippen LogP contribution in [0.3, 0.4) is 0 Å². The number of fused-ring (bicyclic) bond motifs is 2. The van der Waals surface area contributed by atoms with Crippen molar-refractivity contribution in [2.45, 2.75) is 13.3 Å². The number of hydrogen-bond acceptors (Lipinski definition) is 4. The molecule has 0 fully saturated rings. The Morgan fingerprint density at radius 1 is 1.25 bits per heavy atom. The molecule has 2 aliphatic rings. The molecule has 0 spiro atoms. The zero-order valence-electron chi connectivity index (χ0n) is 10.9. The maximum absolute atomic E-state index is 12.6. The van der Waals surface area contributed by atoms with E-state index in [1.54, 1.807) is 0 Å². The van der Waals surface area contributed by atoms with E-state index in [1.807, 2.05) is 19.1 Å². The fourth-order valence-corrected chi connectivity index (χ4v) is 3.29. The van der Waals surface area contributed by atoms with Gasteiger partial charge in [0.05, 0.1) is 4.92 Å². The number of benzene rings is 1. The third kappa shape index (κ3) is 1.62. The van der Waals surface area contributed by atoms with Crippen LogP contribution in [0.4, 0.5) is 5.69 Å². The fraction of sp³-hybridized carbons (Fsp3) is 0.333. The standard InChI is InChI=1S/C15H13NO4/c1-8-4-2-5-9-12(8)15(18)13-10(14(9)17)6-3-7-11(13)16(19)20/h2-4,6-9,12H,5H2,1H3/t8-,9+,12+/m0/s1. The van der Waals surface area contributed by atoms with Crippen LogP contribution in [0.1, 0.15) is 34.1 Å². The number of hydrogen-bond donors (Lipinski definition) is 0. The van der Waals surface area contributed by atoms with E-state index >= 15 is 0 Å². The highest BCUT2D eigenvalue weighted by molar-refractivity contribution is 6.18. The van der Waals surface area contributed by atoms with E-state index in [0.717, 1.165) is 0 Å². The number of nitrogens with zero attached hydrogens (tertiary/aromatic N) is 1. The first-order valence-electron chi connectivity index (χ1n) is 6.55. The minimum Gasteiger partial charge on any atom is -0.294 e. The summed E-state index contributed by atoms with van der Waals surface area (Å²) in [4.78, 5) is 35.7. The van der Waals surface area contributed by atoms with Gasteiger partial charge in [-0.1, -0.05) is 31.2 Å². The number of carbonyl (C=O) groups excluding carboxylic acids is 2. The van der Waals surface area contributed by atoms with Gasteiger partial charge in [-0.25, -0.2) is 0 Å². The summed E-state index contributed by atoms with van der Waals surface area (Å²) in [6, 6.07) is 4.26. The number of allylic oxidation sites excluding steroid dienone is 2. The van der Waals surface area contributed by atoms with Crippen molar-refractivity contribution in [1.29, 1.82) is 0 Å². The molecule has 1 aromatic rings. The first-order valence-corrected chi connectivity index (χ1v) is 6.55. The van der Waals surface area contributed by atoms with Crippen molar-refractivity contribution < 1.29 is 14.5 Å². The lowest BCUT2D eigenvalue weighted by Gasteiger charge is -2.35. The molecule has 0 saturated heterocycles. The van der Waals surface area contributed by atoms with Gasteiger partial charge in [-0.15, -0.1) is 0 Å². The summed E-state index contributed by atoms with van der Waals surface area (Å²) in [6.45, 7) is 1.87. The van der Waals surface area contributed by atoms with Gasteiger partial charge in [0.1, 0.15) is 5.56 Å². The van der Waals surface area contributed by atoms with Gasteiger partial charge in [-0.2, -0.15) is 0 Å². The maximum Gasteiger partial charge on any atom is 0.280 e. The van der Waals surface area contributed by atoms with Crippen LogP contribution in [0.15, 0.2) is 30.4 Å². The molecule has 0 N–H and O–H groups in total. The van der Waals surface area contributed by atoms with E-state index < -0.39 is 10.8 Å². The molecule has 0 bridgehead atoms. The van der Waals surface area contributed by atoms with Crippen molar-refractivity contribution in [2.75, 3.05) is 0 Å². The van der Waals surface area contributed by atoms with Crippen LogP contribution < -0.4 is 0 Å². The van der Waals surface area contributed by atoms with Gasteiger partial charge in [0.25, 0.3) is 5.69 Å². The van der Waals surface area contributed by atoms with Gasteiger partial charge in [0.2, 0.25) is 0 Å². The topological polar surface area (TPSA) is 77.3 Å². The maximum atomic E-state index is 12.6. The Kier molecular flexibility index (Phi) is 2.78. The molecule has 0 aliphatic heterocycles. The number of ketones is 2.